The van der Waals surface area contributed by atoms with Crippen molar-refractivity contribution in [3.05, 3.63) is 11.8 Å². The normalized spacial score (nSPS) is 10.8. The highest BCUT2D eigenvalue weighted by atomic mass is 16.5. The van der Waals surface area contributed by atoms with Crippen molar-refractivity contribution in [3.8, 4) is 0 Å². The average molecular weight is 194 g/mol. The zero-order valence-corrected chi connectivity index (χ0v) is 8.61. The molecule has 0 atom stereocenters. The highest BCUT2D eigenvalue weighted by Gasteiger charge is 2.03. The van der Waals surface area contributed by atoms with Gasteiger partial charge in [-0.25, -0.2) is 4.99 Å². The van der Waals surface area contributed by atoms with Crippen molar-refractivity contribution in [2.45, 2.75) is 20.3 Å². The Morgan fingerprint density at radius 3 is 3.00 bits per heavy atom. The number of hydrogen-bond donors (Lipinski definition) is 1. The van der Waals surface area contributed by atoms with Gasteiger partial charge in [0.2, 0.25) is 0 Å². The Labute approximate surface area is 82.9 Å². The topological polar surface area (TPSA) is 65.5 Å². The largest absolute Gasteiger partial charge is 0.360 e. The molecule has 1 rings (SSSR count). The minimum absolute atomic E-state index is 0.345. The Hall–Kier alpha value is -1.65. The number of aromatic nitrogens is 1. The van der Waals surface area contributed by atoms with E-state index in [1.165, 1.54) is 0 Å². The molecule has 5 nitrogen and oxygen atoms in total. The van der Waals surface area contributed by atoms with Crippen molar-refractivity contribution < 1.29 is 4.52 Å². The number of anilines is 1. The van der Waals surface area contributed by atoms with Crippen LogP contribution in [0, 0.1) is 12.3 Å². The Kier molecular flexibility index (Phi) is 3.39. The Morgan fingerprint density at radius 2 is 2.50 bits per heavy atom. The van der Waals surface area contributed by atoms with E-state index in [1.54, 1.807) is 11.2 Å². The van der Waals surface area contributed by atoms with Crippen LogP contribution >= 0.6 is 0 Å². The van der Waals surface area contributed by atoms with Crippen molar-refractivity contribution in [3.63, 3.8) is 0 Å². The summed E-state index contributed by atoms with van der Waals surface area (Å²) >= 11 is 0. The first-order valence-electron chi connectivity index (χ1n) is 4.41. The monoisotopic (exact) mass is 194 g/mol. The number of rotatable bonds is 3. The van der Waals surface area contributed by atoms with Crippen molar-refractivity contribution >= 4 is 18.0 Å². The molecule has 5 heteroatoms. The van der Waals surface area contributed by atoms with Gasteiger partial charge in [0.15, 0.2) is 5.82 Å². The van der Waals surface area contributed by atoms with Crippen LogP contribution in [0.5, 0.6) is 0 Å². The van der Waals surface area contributed by atoms with Crippen molar-refractivity contribution in [2.24, 2.45) is 4.99 Å². The highest BCUT2D eigenvalue weighted by Crippen LogP contribution is 2.09. The lowest BCUT2D eigenvalue weighted by Gasteiger charge is -2.06. The molecule has 0 aliphatic heterocycles. The summed E-state index contributed by atoms with van der Waals surface area (Å²) in [6, 6.07) is 1.81. The molecular formula is C9H14N4O. The molecule has 76 valence electrons. The molecule has 0 aromatic carbocycles. The van der Waals surface area contributed by atoms with Crippen LogP contribution in [0.4, 0.5) is 5.82 Å². The van der Waals surface area contributed by atoms with Crippen LogP contribution in [0.2, 0.25) is 0 Å². The zero-order chi connectivity index (χ0) is 10.6. The van der Waals surface area contributed by atoms with Crippen molar-refractivity contribution in [1.29, 1.82) is 5.41 Å². The molecule has 0 saturated carbocycles. The molecule has 1 N–H and O–H groups in total. The summed E-state index contributed by atoms with van der Waals surface area (Å²) in [6.45, 7) is 3.72. The predicted molar refractivity (Wildman–Crippen MR) is 56.2 cm³/mol. The minimum Gasteiger partial charge on any atom is -0.360 e. The molecule has 0 fully saturated rings. The summed E-state index contributed by atoms with van der Waals surface area (Å²) in [5, 5.41) is 11.1. The molecule has 1 heterocycles. The standard InChI is InChI=1S/C9H14N4O/c1-4-8(10)11-6-13(3)9-5-7(2)14-12-9/h5-6,10H,4H2,1-3H3. The Bertz CT molecular complexity index is 342. The molecule has 14 heavy (non-hydrogen) atoms. The van der Waals surface area contributed by atoms with E-state index in [9.17, 15) is 0 Å². The maximum atomic E-state index is 7.33. The Balaban J connectivity index is 2.62. The average Bonchev–Trinajstić information content (AvgIpc) is 2.60. The number of aryl methyl sites for hydroxylation is 1. The third-order valence-electron chi connectivity index (χ3n) is 1.70. The van der Waals surface area contributed by atoms with Crippen LogP contribution in [0.15, 0.2) is 15.6 Å². The first kappa shape index (κ1) is 10.4. The highest BCUT2D eigenvalue weighted by molar-refractivity contribution is 5.91. The fraction of sp³-hybridized carbons (Fsp3) is 0.444. The number of hydrogen-bond acceptors (Lipinski definition) is 3. The van der Waals surface area contributed by atoms with Crippen LogP contribution in [0.3, 0.4) is 0 Å². The molecule has 0 aliphatic carbocycles. The second-order valence-electron chi connectivity index (χ2n) is 2.95. The van der Waals surface area contributed by atoms with Gasteiger partial charge in [0, 0.05) is 19.5 Å². The first-order valence-corrected chi connectivity index (χ1v) is 4.41. The minimum atomic E-state index is 0.345. The summed E-state index contributed by atoms with van der Waals surface area (Å²) in [4.78, 5) is 5.64. The van der Waals surface area contributed by atoms with Crippen LogP contribution in [0.1, 0.15) is 19.1 Å². The molecule has 0 saturated heterocycles. The smallest absolute Gasteiger partial charge is 0.177 e. The van der Waals surface area contributed by atoms with E-state index in [0.29, 0.717) is 18.1 Å². The van der Waals surface area contributed by atoms with Gasteiger partial charge in [-0.05, 0) is 6.92 Å². The van der Waals surface area contributed by atoms with Gasteiger partial charge >= 0.3 is 0 Å². The van der Waals surface area contributed by atoms with Gasteiger partial charge in [-0.3, -0.25) is 5.41 Å². The third-order valence-corrected chi connectivity index (χ3v) is 1.70. The van der Waals surface area contributed by atoms with Gasteiger partial charge in [-0.2, -0.15) is 0 Å². The number of nitrogens with one attached hydrogen (secondary N) is 1. The third kappa shape index (κ3) is 2.69. The zero-order valence-electron chi connectivity index (χ0n) is 8.61. The fourth-order valence-electron chi connectivity index (χ4n) is 0.826. The number of aliphatic imine (C=N–C) groups is 1. The van der Waals surface area contributed by atoms with Crippen molar-refractivity contribution in [1.82, 2.24) is 5.16 Å². The van der Waals surface area contributed by atoms with E-state index in [4.69, 9.17) is 9.93 Å². The van der Waals surface area contributed by atoms with E-state index in [0.717, 1.165) is 5.76 Å². The maximum Gasteiger partial charge on any atom is 0.177 e. The van der Waals surface area contributed by atoms with E-state index < -0.39 is 0 Å². The molecular weight excluding hydrogens is 180 g/mol. The quantitative estimate of drug-likeness (QED) is 0.589. The molecule has 0 aliphatic rings. The van der Waals surface area contributed by atoms with E-state index in [1.807, 2.05) is 27.0 Å². The molecule has 1 aromatic heterocycles. The van der Waals surface area contributed by atoms with Crippen molar-refractivity contribution in [2.75, 3.05) is 11.9 Å². The molecule has 1 aromatic rings. The fourth-order valence-corrected chi connectivity index (χ4v) is 0.826. The van der Waals surface area contributed by atoms with Crippen LogP contribution in [0.25, 0.3) is 0 Å². The van der Waals surface area contributed by atoms with E-state index >= 15 is 0 Å². The molecule has 0 spiro atoms. The first-order chi connectivity index (χ1) is 6.63. The predicted octanol–water partition coefficient (Wildman–Crippen LogP) is 1.83. The van der Waals surface area contributed by atoms with Gasteiger partial charge in [0.25, 0.3) is 0 Å². The number of amidine groups is 1. The summed E-state index contributed by atoms with van der Waals surface area (Å²) in [5.41, 5.74) is 0. The van der Waals surface area contributed by atoms with Gasteiger partial charge in [0.1, 0.15) is 11.6 Å². The van der Waals surface area contributed by atoms with Crippen LogP contribution in [-0.2, 0) is 0 Å². The van der Waals surface area contributed by atoms with Gasteiger partial charge in [0.05, 0.1) is 6.34 Å². The lowest BCUT2D eigenvalue weighted by molar-refractivity contribution is 0.399. The van der Waals surface area contributed by atoms with E-state index in [2.05, 4.69) is 10.1 Å². The lowest BCUT2D eigenvalue weighted by Crippen LogP contribution is -2.15. The summed E-state index contributed by atoms with van der Waals surface area (Å²) in [7, 11) is 1.81. The summed E-state index contributed by atoms with van der Waals surface area (Å²) < 4.78 is 4.91. The SMILES string of the molecule is CCC(=N)N=CN(C)c1cc(C)on1. The van der Waals surface area contributed by atoms with Gasteiger partial charge in [-0.15, -0.1) is 0 Å². The van der Waals surface area contributed by atoms with Gasteiger partial charge < -0.3 is 9.42 Å². The molecule has 0 amide bonds. The summed E-state index contributed by atoms with van der Waals surface area (Å²) in [5.74, 6) is 1.79. The molecule has 0 unspecified atom stereocenters. The number of nitrogens with zero attached hydrogens (tertiary/aromatic N) is 3. The lowest BCUT2D eigenvalue weighted by atomic mass is 10.4. The van der Waals surface area contributed by atoms with Crippen LogP contribution in [-0.4, -0.2) is 24.4 Å². The second-order valence-corrected chi connectivity index (χ2v) is 2.95. The summed E-state index contributed by atoms with van der Waals surface area (Å²) in [6.07, 6.45) is 2.19. The van der Waals surface area contributed by atoms with Gasteiger partial charge in [-0.1, -0.05) is 12.1 Å². The Morgan fingerprint density at radius 1 is 1.79 bits per heavy atom. The molecule has 0 bridgehead atoms. The van der Waals surface area contributed by atoms with E-state index in [-0.39, 0.29) is 0 Å². The van der Waals surface area contributed by atoms with Crippen LogP contribution < -0.4 is 4.90 Å². The molecule has 0 radical (unpaired) electrons. The maximum absolute atomic E-state index is 7.33. The second kappa shape index (κ2) is 4.55.